The van der Waals surface area contributed by atoms with Crippen LogP contribution < -0.4 is 0 Å². The molecule has 0 fully saturated rings. The summed E-state index contributed by atoms with van der Waals surface area (Å²) in [6, 6.07) is 0. The normalized spacial score (nSPS) is 12.8. The van der Waals surface area contributed by atoms with E-state index in [2.05, 4.69) is 74.6 Å². The summed E-state index contributed by atoms with van der Waals surface area (Å²) in [5.74, 6) is -0.629. The van der Waals surface area contributed by atoms with Crippen molar-refractivity contribution in [3.8, 4) is 0 Å². The Bertz CT molecular complexity index is 838. The maximum Gasteiger partial charge on any atom is 0.306 e. The van der Waals surface area contributed by atoms with Gasteiger partial charge in [0.05, 0.1) is 6.61 Å². The van der Waals surface area contributed by atoms with E-state index in [0.717, 1.165) is 77.0 Å². The van der Waals surface area contributed by atoms with E-state index in [1.807, 2.05) is 0 Å². The molecule has 1 unspecified atom stereocenters. The monoisotopic (exact) mass is 657 g/mol. The average Bonchev–Trinajstić information content (AvgIpc) is 3.07. The third-order valence-corrected chi connectivity index (χ3v) is 8.08. The molecule has 1 N–H and O–H groups in total. The molecule has 1 atom stereocenters. The fourth-order valence-corrected chi connectivity index (χ4v) is 5.17. The minimum atomic E-state index is -0.788. The van der Waals surface area contributed by atoms with Crippen LogP contribution >= 0.6 is 0 Å². The number of ether oxygens (including phenoxy) is 2. The molecule has 0 radical (unpaired) electrons. The highest BCUT2D eigenvalue weighted by molar-refractivity contribution is 5.70. The van der Waals surface area contributed by atoms with E-state index in [1.54, 1.807) is 0 Å². The first-order valence-electron chi connectivity index (χ1n) is 19.3. The van der Waals surface area contributed by atoms with Gasteiger partial charge in [-0.3, -0.25) is 9.59 Å². The molecule has 0 bridgehead atoms. The van der Waals surface area contributed by atoms with E-state index in [0.29, 0.717) is 12.8 Å². The highest BCUT2D eigenvalue weighted by Crippen LogP contribution is 2.14. The summed E-state index contributed by atoms with van der Waals surface area (Å²) in [5.41, 5.74) is 0. The van der Waals surface area contributed by atoms with Gasteiger partial charge in [0.15, 0.2) is 6.10 Å². The summed E-state index contributed by atoms with van der Waals surface area (Å²) >= 11 is 0. The fourth-order valence-electron chi connectivity index (χ4n) is 5.17. The Morgan fingerprint density at radius 2 is 0.915 bits per heavy atom. The highest BCUT2D eigenvalue weighted by atomic mass is 16.6. The lowest BCUT2D eigenvalue weighted by molar-refractivity contribution is -0.161. The van der Waals surface area contributed by atoms with Gasteiger partial charge in [0.2, 0.25) is 0 Å². The summed E-state index contributed by atoms with van der Waals surface area (Å²) in [6.07, 6.45) is 48.5. The van der Waals surface area contributed by atoms with Gasteiger partial charge < -0.3 is 14.6 Å². The third-order valence-electron chi connectivity index (χ3n) is 8.08. The molecule has 0 saturated heterocycles. The summed E-state index contributed by atoms with van der Waals surface area (Å²) < 4.78 is 10.6. The Hall–Kier alpha value is -2.40. The predicted molar refractivity (Wildman–Crippen MR) is 200 cm³/mol. The van der Waals surface area contributed by atoms with E-state index in [4.69, 9.17) is 9.47 Å². The average molecular weight is 657 g/mol. The Morgan fingerprint density at radius 1 is 0.511 bits per heavy atom. The quantitative estimate of drug-likeness (QED) is 0.0424. The number of aliphatic hydroxyl groups is 1. The van der Waals surface area contributed by atoms with Gasteiger partial charge in [0.25, 0.3) is 0 Å². The minimum Gasteiger partial charge on any atom is -0.462 e. The number of hydrogen-bond acceptors (Lipinski definition) is 5. The number of allylic oxidation sites excluding steroid dienone is 10. The number of rotatable bonds is 34. The second kappa shape index (κ2) is 38.1. The maximum absolute atomic E-state index is 12.2. The molecule has 0 aromatic heterocycles. The van der Waals surface area contributed by atoms with Gasteiger partial charge in [-0.1, -0.05) is 164 Å². The van der Waals surface area contributed by atoms with Gasteiger partial charge >= 0.3 is 11.9 Å². The molecule has 270 valence electrons. The van der Waals surface area contributed by atoms with Crippen LogP contribution in [-0.2, 0) is 19.1 Å². The predicted octanol–water partition coefficient (Wildman–Crippen LogP) is 12.0. The molecule has 0 aliphatic carbocycles. The van der Waals surface area contributed by atoms with Crippen LogP contribution in [0.1, 0.15) is 174 Å². The molecule has 47 heavy (non-hydrogen) atoms. The van der Waals surface area contributed by atoms with Crippen molar-refractivity contribution in [2.24, 2.45) is 0 Å². The van der Waals surface area contributed by atoms with Crippen molar-refractivity contribution in [2.45, 2.75) is 180 Å². The summed E-state index contributed by atoms with van der Waals surface area (Å²) in [7, 11) is 0. The van der Waals surface area contributed by atoms with Crippen molar-refractivity contribution in [1.82, 2.24) is 0 Å². The van der Waals surface area contributed by atoms with Crippen molar-refractivity contribution in [3.05, 3.63) is 60.8 Å². The molecule has 5 heteroatoms. The fraction of sp³-hybridized carbons (Fsp3) is 0.714. The highest BCUT2D eigenvalue weighted by Gasteiger charge is 2.16. The molecule has 0 aromatic carbocycles. The van der Waals surface area contributed by atoms with E-state index in [1.165, 1.54) is 70.6 Å². The van der Waals surface area contributed by atoms with Crippen molar-refractivity contribution in [2.75, 3.05) is 13.2 Å². The van der Waals surface area contributed by atoms with Gasteiger partial charge in [0.1, 0.15) is 6.61 Å². The van der Waals surface area contributed by atoms with Crippen molar-refractivity contribution in [3.63, 3.8) is 0 Å². The van der Waals surface area contributed by atoms with Crippen molar-refractivity contribution in [1.29, 1.82) is 0 Å². The van der Waals surface area contributed by atoms with Crippen molar-refractivity contribution < 1.29 is 24.2 Å². The molecule has 0 aliphatic rings. The molecular weight excluding hydrogens is 584 g/mol. The van der Waals surface area contributed by atoms with E-state index >= 15 is 0 Å². The minimum absolute atomic E-state index is 0.0796. The topological polar surface area (TPSA) is 72.8 Å². The molecule has 0 spiro atoms. The number of esters is 2. The van der Waals surface area contributed by atoms with Crippen LogP contribution in [0.15, 0.2) is 60.8 Å². The first kappa shape index (κ1) is 44.6. The number of aliphatic hydroxyl groups excluding tert-OH is 1. The molecule has 0 aliphatic heterocycles. The van der Waals surface area contributed by atoms with Gasteiger partial charge in [-0.15, -0.1) is 0 Å². The molecule has 0 saturated carbocycles. The smallest absolute Gasteiger partial charge is 0.306 e. The Balaban J connectivity index is 3.65. The van der Waals surface area contributed by atoms with Crippen LogP contribution in [-0.4, -0.2) is 36.4 Å². The molecule has 0 aromatic rings. The molecule has 0 amide bonds. The molecule has 5 nitrogen and oxygen atoms in total. The Labute approximate surface area is 290 Å². The van der Waals surface area contributed by atoms with E-state index in [-0.39, 0.29) is 25.2 Å². The van der Waals surface area contributed by atoms with E-state index in [9.17, 15) is 14.7 Å². The Morgan fingerprint density at radius 3 is 1.38 bits per heavy atom. The van der Waals surface area contributed by atoms with Crippen LogP contribution in [0.5, 0.6) is 0 Å². The lowest BCUT2D eigenvalue weighted by Gasteiger charge is -2.15. The van der Waals surface area contributed by atoms with Crippen molar-refractivity contribution >= 4 is 11.9 Å². The largest absolute Gasteiger partial charge is 0.462 e. The van der Waals surface area contributed by atoms with Crippen LogP contribution in [0.25, 0.3) is 0 Å². The van der Waals surface area contributed by atoms with Crippen LogP contribution in [0.4, 0.5) is 0 Å². The second-order valence-electron chi connectivity index (χ2n) is 12.6. The standard InChI is InChI=1S/C42H72O5/c1-3-5-7-9-11-13-15-17-19-20-21-22-23-25-27-29-31-33-35-37-42(45)47-40(38-43)39-46-41(44)36-34-32-30-28-26-24-18-16-14-12-10-8-6-4-2/h5,7,11,13,17,19,21-22,25,27,40,43H,3-4,6,8-10,12,14-16,18,20,23-24,26,28-39H2,1-2H3/b7-5-,13-11-,19-17-,22-21-,27-25-. The van der Waals surface area contributed by atoms with Gasteiger partial charge in [0, 0.05) is 12.8 Å². The zero-order valence-electron chi connectivity index (χ0n) is 30.5. The summed E-state index contributed by atoms with van der Waals surface area (Å²) in [4.78, 5) is 24.2. The maximum atomic E-state index is 12.2. The molecular formula is C42H72O5. The number of carbonyl (C=O) groups is 2. The zero-order valence-corrected chi connectivity index (χ0v) is 30.5. The third kappa shape index (κ3) is 36.3. The van der Waals surface area contributed by atoms with Gasteiger partial charge in [-0.25, -0.2) is 0 Å². The first-order chi connectivity index (χ1) is 23.1. The SMILES string of the molecule is CC/C=C\C/C=C\C/C=C\C/C=C\C/C=C\CCCCCC(=O)OC(CO)COC(=O)CCCCCCCCCCCCCCCC. The Kier molecular flexibility index (Phi) is 36.1. The second-order valence-corrected chi connectivity index (χ2v) is 12.6. The number of hydrogen-bond donors (Lipinski definition) is 1. The lowest BCUT2D eigenvalue weighted by Crippen LogP contribution is -2.28. The molecule has 0 heterocycles. The zero-order chi connectivity index (χ0) is 34.3. The van der Waals surface area contributed by atoms with E-state index < -0.39 is 6.10 Å². The van der Waals surface area contributed by atoms with Gasteiger partial charge in [-0.05, 0) is 57.8 Å². The number of unbranched alkanes of at least 4 members (excludes halogenated alkanes) is 16. The first-order valence-corrected chi connectivity index (χ1v) is 19.3. The summed E-state index contributed by atoms with van der Waals surface area (Å²) in [6.45, 7) is 3.99. The van der Waals surface area contributed by atoms with Crippen LogP contribution in [0.3, 0.4) is 0 Å². The number of carbonyl (C=O) groups excluding carboxylic acids is 2. The summed E-state index contributed by atoms with van der Waals surface area (Å²) in [5, 5.41) is 9.54. The lowest BCUT2D eigenvalue weighted by atomic mass is 10.0. The van der Waals surface area contributed by atoms with Gasteiger partial charge in [-0.2, -0.15) is 0 Å². The van der Waals surface area contributed by atoms with Crippen LogP contribution in [0, 0.1) is 0 Å². The molecule has 0 rings (SSSR count). The van der Waals surface area contributed by atoms with Crippen LogP contribution in [0.2, 0.25) is 0 Å².